The molecule has 0 radical (unpaired) electrons. The highest BCUT2D eigenvalue weighted by atomic mass is 28.4. The molecule has 1 rings (SSSR count). The molecule has 0 spiro atoms. The first-order valence-corrected chi connectivity index (χ1v) is 10.3. The Labute approximate surface area is 144 Å². The van der Waals surface area contributed by atoms with Crippen molar-refractivity contribution in [3.05, 3.63) is 39.9 Å². The monoisotopic (exact) mass is 353 g/mol. The maximum absolute atomic E-state index is 12.1. The Hall–Kier alpha value is -1.73. The number of non-ortho nitro benzene ring substituents is 1. The number of hydrogen-bond donors (Lipinski definition) is 0. The second-order valence-electron chi connectivity index (χ2n) is 6.82. The lowest BCUT2D eigenvalue weighted by Gasteiger charge is -2.41. The fourth-order valence-electron chi connectivity index (χ4n) is 3.49. The third-order valence-electron chi connectivity index (χ3n) is 4.52. The van der Waals surface area contributed by atoms with E-state index in [0.29, 0.717) is 16.6 Å². The molecule has 1 aromatic carbocycles. The number of nitro groups is 1. The summed E-state index contributed by atoms with van der Waals surface area (Å²) >= 11 is 0. The standard InChI is InChI=1S/C17H27NO5Si/c1-12(2)24(13(3)4,14(5)6)23-11-22-17(19)15-7-9-16(10-8-15)18(20)21/h7-10,12-14H,11H2,1-6H3. The molecule has 0 aliphatic carbocycles. The Kier molecular flexibility index (Phi) is 7.10. The number of carbonyl (C=O) groups is 1. The molecule has 134 valence electrons. The molecule has 0 bridgehead atoms. The zero-order chi connectivity index (χ0) is 18.5. The highest BCUT2D eigenvalue weighted by molar-refractivity contribution is 6.77. The van der Waals surface area contributed by atoms with Gasteiger partial charge in [-0.15, -0.1) is 0 Å². The predicted octanol–water partition coefficient (Wildman–Crippen LogP) is 4.90. The molecule has 6 nitrogen and oxygen atoms in total. The predicted molar refractivity (Wildman–Crippen MR) is 95.5 cm³/mol. The third kappa shape index (κ3) is 4.42. The van der Waals surface area contributed by atoms with E-state index < -0.39 is 19.2 Å². The van der Waals surface area contributed by atoms with Crippen LogP contribution in [0.1, 0.15) is 51.9 Å². The first kappa shape index (κ1) is 20.3. The lowest BCUT2D eigenvalue weighted by molar-refractivity contribution is -0.384. The summed E-state index contributed by atoms with van der Waals surface area (Å²) in [5, 5.41) is 10.6. The van der Waals surface area contributed by atoms with Gasteiger partial charge in [0.1, 0.15) is 0 Å². The quantitative estimate of drug-likeness (QED) is 0.218. The first-order valence-electron chi connectivity index (χ1n) is 8.18. The molecule has 0 N–H and O–H groups in total. The summed E-state index contributed by atoms with van der Waals surface area (Å²) in [7, 11) is -2.09. The Morgan fingerprint density at radius 3 is 1.88 bits per heavy atom. The van der Waals surface area contributed by atoms with Gasteiger partial charge in [-0.2, -0.15) is 0 Å². The van der Waals surface area contributed by atoms with Gasteiger partial charge in [0.2, 0.25) is 8.32 Å². The van der Waals surface area contributed by atoms with Crippen LogP contribution in [0.3, 0.4) is 0 Å². The summed E-state index contributed by atoms with van der Waals surface area (Å²) in [4.78, 5) is 22.2. The van der Waals surface area contributed by atoms with Crippen LogP contribution in [0.2, 0.25) is 16.6 Å². The Bertz CT molecular complexity index is 547. The SMILES string of the molecule is CC(C)[Si](OCOC(=O)c1ccc([N+](=O)[O-])cc1)(C(C)C)C(C)C. The van der Waals surface area contributed by atoms with Gasteiger partial charge in [0, 0.05) is 12.1 Å². The van der Waals surface area contributed by atoms with Crippen molar-refractivity contribution in [1.82, 2.24) is 0 Å². The number of esters is 1. The Morgan fingerprint density at radius 1 is 1.04 bits per heavy atom. The normalized spacial score (nSPS) is 12.0. The Balaban J connectivity index is 2.73. The van der Waals surface area contributed by atoms with Crippen LogP contribution in [0.5, 0.6) is 0 Å². The summed E-state index contributed by atoms with van der Waals surface area (Å²) in [5.74, 6) is -0.538. The van der Waals surface area contributed by atoms with Crippen LogP contribution < -0.4 is 0 Å². The lowest BCUT2D eigenvalue weighted by Crippen LogP contribution is -2.48. The molecule has 7 heteroatoms. The van der Waals surface area contributed by atoms with Gasteiger partial charge in [-0.1, -0.05) is 41.5 Å². The minimum Gasteiger partial charge on any atom is -0.436 e. The highest BCUT2D eigenvalue weighted by Crippen LogP contribution is 2.42. The van der Waals surface area contributed by atoms with Gasteiger partial charge in [-0.05, 0) is 28.8 Å². The minimum atomic E-state index is -2.09. The van der Waals surface area contributed by atoms with Crippen LogP contribution in [-0.4, -0.2) is 26.0 Å². The molecule has 0 heterocycles. The van der Waals surface area contributed by atoms with Gasteiger partial charge in [0.05, 0.1) is 10.5 Å². The van der Waals surface area contributed by atoms with Crippen LogP contribution in [-0.2, 0) is 9.16 Å². The molecule has 0 aromatic heterocycles. The van der Waals surface area contributed by atoms with Gasteiger partial charge in [-0.25, -0.2) is 4.79 Å². The third-order valence-corrected chi connectivity index (χ3v) is 10.6. The van der Waals surface area contributed by atoms with Crippen LogP contribution in [0.15, 0.2) is 24.3 Å². The van der Waals surface area contributed by atoms with E-state index in [2.05, 4.69) is 41.5 Å². The highest BCUT2D eigenvalue weighted by Gasteiger charge is 2.45. The summed E-state index contributed by atoms with van der Waals surface area (Å²) in [6.07, 6.45) is 0. The molecule has 0 atom stereocenters. The minimum absolute atomic E-state index is 0.0614. The summed E-state index contributed by atoms with van der Waals surface area (Å²) < 4.78 is 11.4. The average Bonchev–Trinajstić information content (AvgIpc) is 2.50. The maximum atomic E-state index is 12.1. The molecular weight excluding hydrogens is 326 g/mol. The molecule has 0 fully saturated rings. The molecule has 0 saturated heterocycles. The molecule has 0 unspecified atom stereocenters. The van der Waals surface area contributed by atoms with E-state index in [9.17, 15) is 14.9 Å². The first-order chi connectivity index (χ1) is 11.1. The van der Waals surface area contributed by atoms with E-state index in [0.717, 1.165) is 0 Å². The fourth-order valence-corrected chi connectivity index (χ4v) is 8.75. The lowest BCUT2D eigenvalue weighted by atomic mass is 10.2. The summed E-state index contributed by atoms with van der Waals surface area (Å²) in [5.41, 5.74) is 1.41. The number of nitro benzene ring substituents is 1. The number of carbonyl (C=O) groups excluding carboxylic acids is 1. The van der Waals surface area contributed by atoms with Crippen molar-refractivity contribution in [2.75, 3.05) is 6.79 Å². The second-order valence-corrected chi connectivity index (χ2v) is 12.3. The maximum Gasteiger partial charge on any atom is 0.340 e. The van der Waals surface area contributed by atoms with Crippen LogP contribution in [0, 0.1) is 10.1 Å². The molecule has 1 aromatic rings. The number of hydrogen-bond acceptors (Lipinski definition) is 5. The van der Waals surface area contributed by atoms with Crippen molar-refractivity contribution >= 4 is 20.0 Å². The van der Waals surface area contributed by atoms with E-state index in [4.69, 9.17) is 9.16 Å². The molecule has 0 aliphatic rings. The van der Waals surface area contributed by atoms with Crippen LogP contribution >= 0.6 is 0 Å². The van der Waals surface area contributed by atoms with E-state index in [1.165, 1.54) is 24.3 Å². The second kappa shape index (κ2) is 8.39. The van der Waals surface area contributed by atoms with Gasteiger partial charge >= 0.3 is 5.97 Å². The van der Waals surface area contributed by atoms with Crippen molar-refractivity contribution in [2.45, 2.75) is 58.2 Å². The largest absolute Gasteiger partial charge is 0.436 e. The summed E-state index contributed by atoms with van der Waals surface area (Å²) in [6.45, 7) is 12.9. The van der Waals surface area contributed by atoms with Crippen LogP contribution in [0.25, 0.3) is 0 Å². The van der Waals surface area contributed by atoms with Crippen LogP contribution in [0.4, 0.5) is 5.69 Å². The van der Waals surface area contributed by atoms with Crippen molar-refractivity contribution in [3.63, 3.8) is 0 Å². The van der Waals surface area contributed by atoms with E-state index >= 15 is 0 Å². The molecule has 0 amide bonds. The fraction of sp³-hybridized carbons (Fsp3) is 0.588. The van der Waals surface area contributed by atoms with Gasteiger partial charge in [0.25, 0.3) is 5.69 Å². The zero-order valence-corrected chi connectivity index (χ0v) is 16.2. The number of benzene rings is 1. The van der Waals surface area contributed by atoms with Gasteiger partial charge < -0.3 is 9.16 Å². The van der Waals surface area contributed by atoms with Crippen molar-refractivity contribution < 1.29 is 18.9 Å². The summed E-state index contributed by atoms with van der Waals surface area (Å²) in [6, 6.07) is 5.34. The Morgan fingerprint density at radius 2 is 1.50 bits per heavy atom. The zero-order valence-electron chi connectivity index (χ0n) is 15.2. The van der Waals surface area contributed by atoms with Gasteiger partial charge in [0.15, 0.2) is 6.79 Å². The number of nitrogens with zero attached hydrogens (tertiary/aromatic N) is 1. The van der Waals surface area contributed by atoms with Crippen molar-refractivity contribution in [1.29, 1.82) is 0 Å². The van der Waals surface area contributed by atoms with E-state index in [-0.39, 0.29) is 18.0 Å². The molecular formula is C17H27NO5Si. The smallest absolute Gasteiger partial charge is 0.340 e. The number of rotatable bonds is 8. The van der Waals surface area contributed by atoms with Gasteiger partial charge in [-0.3, -0.25) is 10.1 Å². The van der Waals surface area contributed by atoms with E-state index in [1.54, 1.807) is 0 Å². The molecule has 0 aliphatic heterocycles. The van der Waals surface area contributed by atoms with E-state index in [1.807, 2.05) is 0 Å². The van der Waals surface area contributed by atoms with Crippen molar-refractivity contribution in [2.24, 2.45) is 0 Å². The molecule has 0 saturated carbocycles. The average molecular weight is 353 g/mol. The van der Waals surface area contributed by atoms with Crippen molar-refractivity contribution in [3.8, 4) is 0 Å². The topological polar surface area (TPSA) is 78.7 Å². The molecule has 24 heavy (non-hydrogen) atoms. The number of ether oxygens (including phenoxy) is 1.